The van der Waals surface area contributed by atoms with Crippen LogP contribution >= 0.6 is 0 Å². The van der Waals surface area contributed by atoms with Gasteiger partial charge >= 0.3 is 0 Å². The monoisotopic (exact) mass is 368 g/mol. The number of phenolic OH excluding ortho intramolecular Hbond substituents is 2. The lowest BCUT2D eigenvalue weighted by molar-refractivity contribution is 0.467. The van der Waals surface area contributed by atoms with Crippen molar-refractivity contribution in [3.05, 3.63) is 95.1 Å². The van der Waals surface area contributed by atoms with E-state index in [9.17, 15) is 10.2 Å². The normalized spacial score (nSPS) is 11.1. The SMILES string of the molecule is Cc1ccc2cc(CCc3ccc(-c4ccc(C)c(O)c4)cc3O)ccc2c1. The van der Waals surface area contributed by atoms with Gasteiger partial charge in [0.25, 0.3) is 0 Å². The molecule has 0 aromatic heterocycles. The van der Waals surface area contributed by atoms with Crippen LogP contribution in [-0.4, -0.2) is 10.2 Å². The summed E-state index contributed by atoms with van der Waals surface area (Å²) in [5.41, 5.74) is 6.11. The van der Waals surface area contributed by atoms with Crippen LogP contribution in [0, 0.1) is 13.8 Å². The number of aromatic hydroxyl groups is 2. The van der Waals surface area contributed by atoms with E-state index < -0.39 is 0 Å². The maximum absolute atomic E-state index is 10.5. The molecule has 0 radical (unpaired) electrons. The Hall–Kier alpha value is -3.26. The van der Waals surface area contributed by atoms with E-state index in [0.717, 1.165) is 35.1 Å². The molecule has 2 N–H and O–H groups in total. The number of aryl methyl sites for hydroxylation is 4. The maximum Gasteiger partial charge on any atom is 0.119 e. The summed E-state index contributed by atoms with van der Waals surface area (Å²) in [7, 11) is 0. The Morgan fingerprint density at radius 1 is 0.607 bits per heavy atom. The standard InChI is InChI=1S/C26H24O2/c1-17-3-7-22-14-19(6-10-21(22)13-17)5-9-20-11-12-24(16-26(20)28)23-8-4-18(2)25(27)15-23/h3-4,6-8,10-16,27-28H,5,9H2,1-2H3. The van der Waals surface area contributed by atoms with Crippen molar-refractivity contribution >= 4 is 10.8 Å². The van der Waals surface area contributed by atoms with Gasteiger partial charge in [-0.25, -0.2) is 0 Å². The van der Waals surface area contributed by atoms with Crippen LogP contribution in [0.4, 0.5) is 0 Å². The highest BCUT2D eigenvalue weighted by atomic mass is 16.3. The van der Waals surface area contributed by atoms with Gasteiger partial charge in [-0.2, -0.15) is 0 Å². The molecule has 0 saturated carbocycles. The van der Waals surface area contributed by atoms with Crippen molar-refractivity contribution in [1.82, 2.24) is 0 Å². The number of hydrogen-bond donors (Lipinski definition) is 2. The molecule has 0 bridgehead atoms. The summed E-state index contributed by atoms with van der Waals surface area (Å²) in [6, 6.07) is 24.4. The molecular weight excluding hydrogens is 344 g/mol. The topological polar surface area (TPSA) is 40.5 Å². The van der Waals surface area contributed by atoms with E-state index in [0.29, 0.717) is 5.75 Å². The van der Waals surface area contributed by atoms with E-state index in [1.807, 2.05) is 31.2 Å². The Kier molecular flexibility index (Phi) is 4.79. The minimum atomic E-state index is 0.271. The molecule has 0 amide bonds. The third-order valence-corrected chi connectivity index (χ3v) is 5.37. The number of rotatable bonds is 4. The first-order chi connectivity index (χ1) is 13.5. The minimum absolute atomic E-state index is 0.271. The molecule has 0 spiro atoms. The average Bonchev–Trinajstić information content (AvgIpc) is 2.69. The average molecular weight is 368 g/mol. The summed E-state index contributed by atoms with van der Waals surface area (Å²) in [5, 5.41) is 22.9. The molecule has 4 aromatic rings. The summed E-state index contributed by atoms with van der Waals surface area (Å²) in [4.78, 5) is 0. The zero-order chi connectivity index (χ0) is 19.7. The molecule has 2 nitrogen and oxygen atoms in total. The van der Waals surface area contributed by atoms with Gasteiger partial charge in [-0.3, -0.25) is 0 Å². The van der Waals surface area contributed by atoms with Crippen molar-refractivity contribution in [2.45, 2.75) is 26.7 Å². The first-order valence-corrected chi connectivity index (χ1v) is 9.61. The first kappa shape index (κ1) is 18.1. The van der Waals surface area contributed by atoms with Gasteiger partial charge in [-0.15, -0.1) is 0 Å². The highest BCUT2D eigenvalue weighted by Crippen LogP contribution is 2.30. The van der Waals surface area contributed by atoms with Gasteiger partial charge in [-0.1, -0.05) is 66.2 Å². The predicted octanol–water partition coefficient (Wildman–Crippen LogP) is 6.32. The fraction of sp³-hybridized carbons (Fsp3) is 0.154. The van der Waals surface area contributed by atoms with Crippen LogP contribution in [0.3, 0.4) is 0 Å². The fourth-order valence-electron chi connectivity index (χ4n) is 3.59. The summed E-state index contributed by atoms with van der Waals surface area (Å²) in [6.45, 7) is 3.98. The van der Waals surface area contributed by atoms with E-state index in [2.05, 4.69) is 43.3 Å². The van der Waals surface area contributed by atoms with Gasteiger partial charge in [0, 0.05) is 0 Å². The van der Waals surface area contributed by atoms with Gasteiger partial charge < -0.3 is 10.2 Å². The zero-order valence-corrected chi connectivity index (χ0v) is 16.2. The minimum Gasteiger partial charge on any atom is -0.508 e. The van der Waals surface area contributed by atoms with Gasteiger partial charge in [0.05, 0.1) is 0 Å². The van der Waals surface area contributed by atoms with E-state index in [-0.39, 0.29) is 5.75 Å². The second-order valence-electron chi connectivity index (χ2n) is 7.53. The number of fused-ring (bicyclic) bond motifs is 1. The number of phenols is 2. The maximum atomic E-state index is 10.5. The summed E-state index contributed by atoms with van der Waals surface area (Å²) in [6.07, 6.45) is 1.66. The van der Waals surface area contributed by atoms with Crippen molar-refractivity contribution < 1.29 is 10.2 Å². The molecule has 0 aliphatic heterocycles. The second kappa shape index (κ2) is 7.40. The van der Waals surface area contributed by atoms with Crippen molar-refractivity contribution in [2.75, 3.05) is 0 Å². The van der Waals surface area contributed by atoms with Gasteiger partial charge in [0.2, 0.25) is 0 Å². The summed E-state index contributed by atoms with van der Waals surface area (Å²) in [5.74, 6) is 0.571. The third kappa shape index (κ3) is 3.72. The molecule has 140 valence electrons. The highest BCUT2D eigenvalue weighted by molar-refractivity contribution is 5.83. The molecule has 0 aliphatic carbocycles. The lowest BCUT2D eigenvalue weighted by atomic mass is 9.97. The van der Waals surface area contributed by atoms with Crippen LogP contribution in [0.15, 0.2) is 72.8 Å². The zero-order valence-electron chi connectivity index (χ0n) is 16.2. The van der Waals surface area contributed by atoms with Crippen LogP contribution in [0.2, 0.25) is 0 Å². The van der Waals surface area contributed by atoms with E-state index >= 15 is 0 Å². The lowest BCUT2D eigenvalue weighted by Gasteiger charge is -2.10. The molecule has 0 atom stereocenters. The highest BCUT2D eigenvalue weighted by Gasteiger charge is 2.07. The molecule has 0 saturated heterocycles. The number of benzene rings is 4. The number of hydrogen-bond acceptors (Lipinski definition) is 2. The van der Waals surface area contributed by atoms with Crippen molar-refractivity contribution in [3.8, 4) is 22.6 Å². The van der Waals surface area contributed by atoms with E-state index in [1.54, 1.807) is 12.1 Å². The Balaban J connectivity index is 1.52. The molecule has 28 heavy (non-hydrogen) atoms. The molecule has 4 aromatic carbocycles. The molecule has 0 aliphatic rings. The van der Waals surface area contributed by atoms with Crippen molar-refractivity contribution in [3.63, 3.8) is 0 Å². The second-order valence-corrected chi connectivity index (χ2v) is 7.53. The fourth-order valence-corrected chi connectivity index (χ4v) is 3.59. The van der Waals surface area contributed by atoms with Gasteiger partial charge in [0.15, 0.2) is 0 Å². The molecule has 4 rings (SSSR count). The van der Waals surface area contributed by atoms with Crippen LogP contribution < -0.4 is 0 Å². The van der Waals surface area contributed by atoms with Crippen molar-refractivity contribution in [2.24, 2.45) is 0 Å². The Bertz CT molecular complexity index is 1160. The smallest absolute Gasteiger partial charge is 0.119 e. The molecular formula is C26H24O2. The lowest BCUT2D eigenvalue weighted by Crippen LogP contribution is -1.93. The molecule has 0 fully saturated rings. The largest absolute Gasteiger partial charge is 0.508 e. The van der Waals surface area contributed by atoms with Gasteiger partial charge in [-0.05, 0) is 77.4 Å². The summed E-state index contributed by atoms with van der Waals surface area (Å²) < 4.78 is 0. The molecule has 2 heteroatoms. The van der Waals surface area contributed by atoms with Gasteiger partial charge in [0.1, 0.15) is 11.5 Å². The first-order valence-electron chi connectivity index (χ1n) is 9.61. The predicted molar refractivity (Wildman–Crippen MR) is 116 cm³/mol. The Labute approximate surface area is 165 Å². The Morgan fingerprint density at radius 3 is 2.04 bits per heavy atom. The van der Waals surface area contributed by atoms with Crippen LogP contribution in [0.5, 0.6) is 11.5 Å². The Morgan fingerprint density at radius 2 is 1.29 bits per heavy atom. The third-order valence-electron chi connectivity index (χ3n) is 5.37. The quantitative estimate of drug-likeness (QED) is 0.442. The molecule has 0 unspecified atom stereocenters. The van der Waals surface area contributed by atoms with Crippen LogP contribution in [0.1, 0.15) is 22.3 Å². The van der Waals surface area contributed by atoms with E-state index in [1.165, 1.54) is 21.9 Å². The van der Waals surface area contributed by atoms with E-state index in [4.69, 9.17) is 0 Å². The summed E-state index contributed by atoms with van der Waals surface area (Å²) >= 11 is 0. The molecule has 0 heterocycles. The van der Waals surface area contributed by atoms with Crippen molar-refractivity contribution in [1.29, 1.82) is 0 Å². The van der Waals surface area contributed by atoms with Crippen LogP contribution in [0.25, 0.3) is 21.9 Å². The van der Waals surface area contributed by atoms with Crippen LogP contribution in [-0.2, 0) is 12.8 Å².